The highest BCUT2D eigenvalue weighted by Gasteiger charge is 2.34. The first-order valence-corrected chi connectivity index (χ1v) is 7.74. The highest BCUT2D eigenvalue weighted by molar-refractivity contribution is 6.06. The number of carbonyl (C=O) groups is 3. The molecule has 0 fully saturated rings. The fraction of sp³-hybridized carbons (Fsp3) is 0.167. The Bertz CT molecular complexity index is 895. The van der Waals surface area contributed by atoms with Crippen molar-refractivity contribution in [3.63, 3.8) is 0 Å². The summed E-state index contributed by atoms with van der Waals surface area (Å²) in [5.74, 6) is -1.64. The van der Waals surface area contributed by atoms with Crippen molar-refractivity contribution < 1.29 is 27.6 Å². The predicted octanol–water partition coefficient (Wildman–Crippen LogP) is 3.87. The van der Waals surface area contributed by atoms with Gasteiger partial charge in [0.2, 0.25) is 11.8 Å². The Hall–Kier alpha value is -3.36. The molecule has 2 aromatic rings. The SMILES string of the molecule is CC(=O)Nc1cccc(C(=O)Nc2ccc(NC(C)=O)cc2C(F)(F)F)c1. The largest absolute Gasteiger partial charge is 0.418 e. The molecule has 3 amide bonds. The normalized spacial score (nSPS) is 10.9. The van der Waals surface area contributed by atoms with Crippen LogP contribution in [0.2, 0.25) is 0 Å². The summed E-state index contributed by atoms with van der Waals surface area (Å²) in [4.78, 5) is 34.5. The van der Waals surface area contributed by atoms with E-state index in [2.05, 4.69) is 16.0 Å². The molecule has 3 N–H and O–H groups in total. The molecule has 6 nitrogen and oxygen atoms in total. The number of rotatable bonds is 4. The molecule has 0 aliphatic heterocycles. The second kappa shape index (κ2) is 7.90. The highest BCUT2D eigenvalue weighted by atomic mass is 19.4. The van der Waals surface area contributed by atoms with Gasteiger partial charge in [-0.2, -0.15) is 13.2 Å². The van der Waals surface area contributed by atoms with Gasteiger partial charge in [-0.3, -0.25) is 14.4 Å². The van der Waals surface area contributed by atoms with Crippen LogP contribution in [-0.4, -0.2) is 17.7 Å². The van der Waals surface area contributed by atoms with E-state index in [1.807, 2.05) is 0 Å². The highest BCUT2D eigenvalue weighted by Crippen LogP contribution is 2.36. The molecule has 0 heterocycles. The quantitative estimate of drug-likeness (QED) is 0.754. The van der Waals surface area contributed by atoms with E-state index < -0.39 is 29.2 Å². The lowest BCUT2D eigenvalue weighted by Gasteiger charge is -2.16. The van der Waals surface area contributed by atoms with Crippen LogP contribution in [0.15, 0.2) is 42.5 Å². The number of hydrogen-bond acceptors (Lipinski definition) is 3. The van der Waals surface area contributed by atoms with Crippen LogP contribution in [0.4, 0.5) is 30.2 Å². The fourth-order valence-corrected chi connectivity index (χ4v) is 2.30. The summed E-state index contributed by atoms with van der Waals surface area (Å²) in [6.45, 7) is 2.46. The van der Waals surface area contributed by atoms with Gasteiger partial charge in [0.1, 0.15) is 0 Å². The van der Waals surface area contributed by atoms with Crippen molar-refractivity contribution in [3.8, 4) is 0 Å². The zero-order valence-corrected chi connectivity index (χ0v) is 14.4. The summed E-state index contributed by atoms with van der Waals surface area (Å²) < 4.78 is 39.9. The summed E-state index contributed by atoms with van der Waals surface area (Å²) in [6, 6.07) is 8.83. The number of alkyl halides is 3. The predicted molar refractivity (Wildman–Crippen MR) is 94.4 cm³/mol. The Morgan fingerprint density at radius 2 is 1.41 bits per heavy atom. The molecule has 0 bridgehead atoms. The number of anilines is 3. The van der Waals surface area contributed by atoms with Gasteiger partial charge in [0, 0.05) is 30.8 Å². The maximum atomic E-state index is 13.3. The lowest BCUT2D eigenvalue weighted by molar-refractivity contribution is -0.137. The Kier molecular flexibility index (Phi) is 5.84. The molecule has 0 spiro atoms. The molecule has 0 atom stereocenters. The van der Waals surface area contributed by atoms with E-state index in [1.54, 1.807) is 6.07 Å². The van der Waals surface area contributed by atoms with Gasteiger partial charge in [-0.25, -0.2) is 0 Å². The van der Waals surface area contributed by atoms with E-state index in [0.717, 1.165) is 12.1 Å². The number of halogens is 3. The molecule has 9 heteroatoms. The first kappa shape index (κ1) is 20.0. The fourth-order valence-electron chi connectivity index (χ4n) is 2.30. The van der Waals surface area contributed by atoms with E-state index >= 15 is 0 Å². The number of hydrogen-bond donors (Lipinski definition) is 3. The summed E-state index contributed by atoms with van der Waals surface area (Å²) in [5.41, 5.74) is -1.18. The van der Waals surface area contributed by atoms with Gasteiger partial charge in [-0.05, 0) is 36.4 Å². The third-order valence-corrected chi connectivity index (χ3v) is 3.34. The van der Waals surface area contributed by atoms with Crippen molar-refractivity contribution in [1.29, 1.82) is 0 Å². The van der Waals surface area contributed by atoms with Crippen molar-refractivity contribution in [1.82, 2.24) is 0 Å². The smallest absolute Gasteiger partial charge is 0.326 e. The van der Waals surface area contributed by atoms with Gasteiger partial charge >= 0.3 is 6.18 Å². The zero-order valence-electron chi connectivity index (χ0n) is 14.4. The second-order valence-corrected chi connectivity index (χ2v) is 5.66. The lowest BCUT2D eigenvalue weighted by atomic mass is 10.1. The van der Waals surface area contributed by atoms with Gasteiger partial charge in [0.15, 0.2) is 0 Å². The molecule has 0 saturated carbocycles. The summed E-state index contributed by atoms with van der Waals surface area (Å²) >= 11 is 0. The molecule has 2 rings (SSSR count). The Labute approximate surface area is 152 Å². The van der Waals surface area contributed by atoms with Crippen LogP contribution in [0.1, 0.15) is 29.8 Å². The van der Waals surface area contributed by atoms with Gasteiger partial charge in [-0.1, -0.05) is 6.07 Å². The van der Waals surface area contributed by atoms with Crippen LogP contribution in [-0.2, 0) is 15.8 Å². The van der Waals surface area contributed by atoms with E-state index in [0.29, 0.717) is 5.69 Å². The maximum absolute atomic E-state index is 13.3. The van der Waals surface area contributed by atoms with Crippen LogP contribution in [0.3, 0.4) is 0 Å². The number of benzene rings is 2. The first-order valence-electron chi connectivity index (χ1n) is 7.74. The van der Waals surface area contributed by atoms with Crippen LogP contribution in [0, 0.1) is 0 Å². The van der Waals surface area contributed by atoms with Gasteiger partial charge < -0.3 is 16.0 Å². The summed E-state index contributed by atoms with van der Waals surface area (Å²) in [6.07, 6.45) is -4.74. The molecule has 142 valence electrons. The average molecular weight is 379 g/mol. The monoisotopic (exact) mass is 379 g/mol. The van der Waals surface area contributed by atoms with Crippen molar-refractivity contribution in [2.45, 2.75) is 20.0 Å². The van der Waals surface area contributed by atoms with Gasteiger partial charge in [-0.15, -0.1) is 0 Å². The summed E-state index contributed by atoms with van der Waals surface area (Å²) in [7, 11) is 0. The standard InChI is InChI=1S/C18H16F3N3O3/c1-10(25)22-13-5-3-4-12(8-13)17(27)24-16-7-6-14(23-11(2)26)9-15(16)18(19,20)21/h3-9H,1-2H3,(H,22,25)(H,23,26)(H,24,27). The zero-order chi connectivity index (χ0) is 20.2. The second-order valence-electron chi connectivity index (χ2n) is 5.66. The molecule has 27 heavy (non-hydrogen) atoms. The molecule has 0 aromatic heterocycles. The maximum Gasteiger partial charge on any atom is 0.418 e. The minimum absolute atomic E-state index is 0.0412. The van der Waals surface area contributed by atoms with E-state index in [-0.39, 0.29) is 17.2 Å². The van der Waals surface area contributed by atoms with Crippen LogP contribution in [0.5, 0.6) is 0 Å². The Balaban J connectivity index is 2.31. The molecule has 0 saturated heterocycles. The van der Waals surface area contributed by atoms with Crippen molar-refractivity contribution in [2.75, 3.05) is 16.0 Å². The van der Waals surface area contributed by atoms with Crippen LogP contribution >= 0.6 is 0 Å². The number of carbonyl (C=O) groups excluding carboxylic acids is 3. The van der Waals surface area contributed by atoms with E-state index in [9.17, 15) is 27.6 Å². The van der Waals surface area contributed by atoms with Crippen LogP contribution < -0.4 is 16.0 Å². The molecular formula is C18H16F3N3O3. The van der Waals surface area contributed by atoms with Crippen molar-refractivity contribution in [2.24, 2.45) is 0 Å². The number of amides is 3. The van der Waals surface area contributed by atoms with Crippen molar-refractivity contribution >= 4 is 34.8 Å². The van der Waals surface area contributed by atoms with Gasteiger partial charge in [0.25, 0.3) is 5.91 Å². The Morgan fingerprint density at radius 3 is 1.96 bits per heavy atom. The topological polar surface area (TPSA) is 87.3 Å². The first-order chi connectivity index (χ1) is 12.6. The molecule has 2 aromatic carbocycles. The van der Waals surface area contributed by atoms with Crippen LogP contribution in [0.25, 0.3) is 0 Å². The third kappa shape index (κ3) is 5.56. The Morgan fingerprint density at radius 1 is 0.815 bits per heavy atom. The van der Waals surface area contributed by atoms with E-state index in [1.165, 1.54) is 38.1 Å². The minimum atomic E-state index is -4.74. The molecular weight excluding hydrogens is 363 g/mol. The molecule has 0 aliphatic carbocycles. The molecule has 0 radical (unpaired) electrons. The lowest BCUT2D eigenvalue weighted by Crippen LogP contribution is -2.18. The minimum Gasteiger partial charge on any atom is -0.326 e. The average Bonchev–Trinajstić information content (AvgIpc) is 2.54. The third-order valence-electron chi connectivity index (χ3n) is 3.34. The van der Waals surface area contributed by atoms with E-state index in [4.69, 9.17) is 0 Å². The van der Waals surface area contributed by atoms with Gasteiger partial charge in [0.05, 0.1) is 11.3 Å². The summed E-state index contributed by atoms with van der Waals surface area (Å²) in [5, 5.41) is 6.96. The number of nitrogens with one attached hydrogen (secondary N) is 3. The van der Waals surface area contributed by atoms with Crippen molar-refractivity contribution in [3.05, 3.63) is 53.6 Å². The molecule has 0 unspecified atom stereocenters. The molecule has 0 aliphatic rings.